The molecule has 0 spiro atoms. The van der Waals surface area contributed by atoms with Gasteiger partial charge in [0, 0.05) is 0 Å². The molecular formula is C8H10O3. The van der Waals surface area contributed by atoms with Crippen LogP contribution in [0.1, 0.15) is 12.8 Å². The lowest BCUT2D eigenvalue weighted by Gasteiger charge is -2.05. The number of allylic oxidation sites excluding steroid dienone is 3. The fraction of sp³-hybridized carbons (Fsp3) is 0.375. The first-order valence-corrected chi connectivity index (χ1v) is 3.45. The molecule has 1 rings (SSSR count). The monoisotopic (exact) mass is 154 g/mol. The van der Waals surface area contributed by atoms with Gasteiger partial charge in [-0.15, -0.1) is 0 Å². The zero-order valence-electron chi connectivity index (χ0n) is 6.37. The minimum Gasteiger partial charge on any atom is -0.437 e. The first-order chi connectivity index (χ1) is 5.33. The highest BCUT2D eigenvalue weighted by Crippen LogP contribution is 2.10. The van der Waals surface area contributed by atoms with Crippen molar-refractivity contribution >= 4 is 6.16 Å². The largest absolute Gasteiger partial charge is 0.513 e. The van der Waals surface area contributed by atoms with Gasteiger partial charge in [-0.1, -0.05) is 6.08 Å². The molecule has 0 aromatic rings. The van der Waals surface area contributed by atoms with E-state index in [2.05, 4.69) is 4.74 Å². The van der Waals surface area contributed by atoms with Gasteiger partial charge in [-0.2, -0.15) is 0 Å². The molecule has 11 heavy (non-hydrogen) atoms. The Kier molecular flexibility index (Phi) is 2.72. The minimum atomic E-state index is -0.664. The van der Waals surface area contributed by atoms with Crippen molar-refractivity contribution in [2.24, 2.45) is 0 Å². The molecule has 0 bridgehead atoms. The Hall–Kier alpha value is -1.25. The maximum absolute atomic E-state index is 10.6. The van der Waals surface area contributed by atoms with Crippen LogP contribution in [-0.2, 0) is 9.47 Å². The van der Waals surface area contributed by atoms with Gasteiger partial charge in [0.05, 0.1) is 7.11 Å². The molecule has 0 unspecified atom stereocenters. The molecule has 0 radical (unpaired) electrons. The molecule has 0 heterocycles. The van der Waals surface area contributed by atoms with Crippen molar-refractivity contribution in [2.45, 2.75) is 12.8 Å². The summed E-state index contributed by atoms with van der Waals surface area (Å²) in [7, 11) is 1.29. The van der Waals surface area contributed by atoms with E-state index in [1.54, 1.807) is 6.08 Å². The fourth-order valence-corrected chi connectivity index (χ4v) is 0.803. The maximum Gasteiger partial charge on any atom is 0.513 e. The van der Waals surface area contributed by atoms with Gasteiger partial charge in [0.15, 0.2) is 0 Å². The Bertz CT molecular complexity index is 203. The normalized spacial score (nSPS) is 15.5. The lowest BCUT2D eigenvalue weighted by molar-refractivity contribution is 0.0995. The molecule has 1 aliphatic carbocycles. The van der Waals surface area contributed by atoms with Crippen molar-refractivity contribution in [1.29, 1.82) is 0 Å². The second-order valence-electron chi connectivity index (χ2n) is 2.14. The highest BCUT2D eigenvalue weighted by atomic mass is 16.7. The van der Waals surface area contributed by atoms with Crippen LogP contribution in [-0.4, -0.2) is 13.3 Å². The Balaban J connectivity index is 2.42. The van der Waals surface area contributed by atoms with Crippen LogP contribution in [0.25, 0.3) is 0 Å². The molecule has 3 heteroatoms. The molecule has 0 aromatic carbocycles. The number of hydrogen-bond donors (Lipinski definition) is 0. The lowest BCUT2D eigenvalue weighted by atomic mass is 10.2. The standard InChI is InChI=1S/C8H10O3/c1-10-8(9)11-7-5-3-2-4-6-7/h3,5-6H,2,4H2,1H3. The second kappa shape index (κ2) is 3.81. The summed E-state index contributed by atoms with van der Waals surface area (Å²) in [6, 6.07) is 0. The number of ether oxygens (including phenoxy) is 2. The van der Waals surface area contributed by atoms with Crippen LogP contribution in [0.4, 0.5) is 4.79 Å². The summed E-state index contributed by atoms with van der Waals surface area (Å²) in [6.07, 6.45) is 6.84. The van der Waals surface area contributed by atoms with E-state index < -0.39 is 6.16 Å². The SMILES string of the molecule is COC(=O)OC1=CCCC=C1. The Morgan fingerprint density at radius 3 is 2.91 bits per heavy atom. The molecule has 0 fully saturated rings. The van der Waals surface area contributed by atoms with Crippen LogP contribution in [0.5, 0.6) is 0 Å². The third-order valence-corrected chi connectivity index (χ3v) is 1.33. The van der Waals surface area contributed by atoms with Crippen molar-refractivity contribution in [3.8, 4) is 0 Å². The summed E-state index contributed by atoms with van der Waals surface area (Å²) in [5, 5.41) is 0. The van der Waals surface area contributed by atoms with Gasteiger partial charge in [-0.25, -0.2) is 4.79 Å². The summed E-state index contributed by atoms with van der Waals surface area (Å²) < 4.78 is 9.07. The average molecular weight is 154 g/mol. The Morgan fingerprint density at radius 2 is 2.36 bits per heavy atom. The van der Waals surface area contributed by atoms with E-state index in [1.807, 2.05) is 12.2 Å². The van der Waals surface area contributed by atoms with Crippen LogP contribution in [0, 0.1) is 0 Å². The van der Waals surface area contributed by atoms with E-state index >= 15 is 0 Å². The molecule has 0 N–H and O–H groups in total. The van der Waals surface area contributed by atoms with Gasteiger partial charge in [0.2, 0.25) is 0 Å². The van der Waals surface area contributed by atoms with E-state index in [9.17, 15) is 4.79 Å². The topological polar surface area (TPSA) is 35.5 Å². The maximum atomic E-state index is 10.6. The number of carbonyl (C=O) groups is 1. The van der Waals surface area contributed by atoms with Gasteiger partial charge >= 0.3 is 6.16 Å². The van der Waals surface area contributed by atoms with Gasteiger partial charge in [-0.05, 0) is 25.0 Å². The molecule has 1 aliphatic rings. The smallest absolute Gasteiger partial charge is 0.437 e. The summed E-state index contributed by atoms with van der Waals surface area (Å²) in [4.78, 5) is 10.6. The minimum absolute atomic E-state index is 0.572. The summed E-state index contributed by atoms with van der Waals surface area (Å²) in [6.45, 7) is 0. The van der Waals surface area contributed by atoms with Crippen LogP contribution < -0.4 is 0 Å². The van der Waals surface area contributed by atoms with Gasteiger partial charge in [-0.3, -0.25) is 0 Å². The van der Waals surface area contributed by atoms with Crippen LogP contribution in [0.2, 0.25) is 0 Å². The number of hydrogen-bond acceptors (Lipinski definition) is 3. The average Bonchev–Trinajstić information content (AvgIpc) is 2.06. The molecule has 0 aromatic heterocycles. The predicted molar refractivity (Wildman–Crippen MR) is 39.9 cm³/mol. The number of rotatable bonds is 1. The van der Waals surface area contributed by atoms with Crippen LogP contribution >= 0.6 is 0 Å². The molecule has 0 saturated carbocycles. The van der Waals surface area contributed by atoms with E-state index in [4.69, 9.17) is 4.74 Å². The summed E-state index contributed by atoms with van der Waals surface area (Å²) >= 11 is 0. The zero-order chi connectivity index (χ0) is 8.10. The lowest BCUT2D eigenvalue weighted by Crippen LogP contribution is -2.03. The molecule has 0 atom stereocenters. The second-order valence-corrected chi connectivity index (χ2v) is 2.14. The number of methoxy groups -OCH3 is 1. The van der Waals surface area contributed by atoms with E-state index in [-0.39, 0.29) is 0 Å². The molecule has 60 valence electrons. The summed E-state index contributed by atoms with van der Waals surface area (Å²) in [5.41, 5.74) is 0. The quantitative estimate of drug-likeness (QED) is 0.542. The Labute approximate surface area is 65.3 Å². The first-order valence-electron chi connectivity index (χ1n) is 3.45. The fourth-order valence-electron chi connectivity index (χ4n) is 0.803. The summed E-state index contributed by atoms with van der Waals surface area (Å²) in [5.74, 6) is 0.572. The van der Waals surface area contributed by atoms with Crippen molar-refractivity contribution < 1.29 is 14.3 Å². The number of carbonyl (C=O) groups excluding carboxylic acids is 1. The molecule has 3 nitrogen and oxygen atoms in total. The molecular weight excluding hydrogens is 144 g/mol. The predicted octanol–water partition coefficient (Wildman–Crippen LogP) is 2.00. The Morgan fingerprint density at radius 1 is 1.55 bits per heavy atom. The van der Waals surface area contributed by atoms with Gasteiger partial charge in [0.25, 0.3) is 0 Å². The van der Waals surface area contributed by atoms with E-state index in [0.717, 1.165) is 12.8 Å². The molecule has 0 amide bonds. The zero-order valence-corrected chi connectivity index (χ0v) is 6.37. The van der Waals surface area contributed by atoms with Crippen molar-refractivity contribution in [3.63, 3.8) is 0 Å². The molecule has 0 saturated heterocycles. The highest BCUT2D eigenvalue weighted by Gasteiger charge is 2.04. The third-order valence-electron chi connectivity index (χ3n) is 1.33. The first kappa shape index (κ1) is 7.85. The highest BCUT2D eigenvalue weighted by molar-refractivity contribution is 5.61. The van der Waals surface area contributed by atoms with E-state index in [1.165, 1.54) is 7.11 Å². The van der Waals surface area contributed by atoms with Crippen LogP contribution in [0.15, 0.2) is 24.0 Å². The third kappa shape index (κ3) is 2.45. The molecule has 0 aliphatic heterocycles. The van der Waals surface area contributed by atoms with Gasteiger partial charge in [0.1, 0.15) is 5.76 Å². The van der Waals surface area contributed by atoms with Crippen LogP contribution in [0.3, 0.4) is 0 Å². The van der Waals surface area contributed by atoms with Crippen molar-refractivity contribution in [3.05, 3.63) is 24.0 Å². The van der Waals surface area contributed by atoms with E-state index in [0.29, 0.717) is 5.76 Å². The van der Waals surface area contributed by atoms with Crippen molar-refractivity contribution in [1.82, 2.24) is 0 Å². The van der Waals surface area contributed by atoms with Crippen molar-refractivity contribution in [2.75, 3.05) is 7.11 Å². The van der Waals surface area contributed by atoms with Gasteiger partial charge < -0.3 is 9.47 Å².